The fourth-order valence-electron chi connectivity index (χ4n) is 2.23. The Hall–Kier alpha value is -1.23. The molecule has 0 heterocycles. The van der Waals surface area contributed by atoms with Crippen LogP contribution in [0.3, 0.4) is 0 Å². The summed E-state index contributed by atoms with van der Waals surface area (Å²) in [5, 5.41) is 9.08. The SMILES string of the molecule is CCCCN(CCCC)c1ccc(CO)c(C(F)(F)F)c1. The number of benzene rings is 1. The third-order valence-corrected chi connectivity index (χ3v) is 3.50. The zero-order chi connectivity index (χ0) is 15.9. The van der Waals surface area contributed by atoms with E-state index >= 15 is 0 Å². The summed E-state index contributed by atoms with van der Waals surface area (Å²) >= 11 is 0. The second-order valence-electron chi connectivity index (χ2n) is 5.19. The van der Waals surface area contributed by atoms with E-state index in [4.69, 9.17) is 5.11 Å². The Labute approximate surface area is 124 Å². The Morgan fingerprint density at radius 1 is 1.05 bits per heavy atom. The van der Waals surface area contributed by atoms with Crippen molar-refractivity contribution in [3.63, 3.8) is 0 Å². The molecule has 0 unspecified atom stereocenters. The standard InChI is InChI=1S/C16H24F3NO/c1-3-5-9-20(10-6-4-2)14-8-7-13(12-21)15(11-14)16(17,18)19/h7-8,11,21H,3-6,9-10,12H2,1-2H3. The summed E-state index contributed by atoms with van der Waals surface area (Å²) in [7, 11) is 0. The summed E-state index contributed by atoms with van der Waals surface area (Å²) in [5.74, 6) is 0. The minimum atomic E-state index is -4.44. The van der Waals surface area contributed by atoms with Crippen LogP contribution in [0.15, 0.2) is 18.2 Å². The molecule has 1 rings (SSSR count). The van der Waals surface area contributed by atoms with Crippen LogP contribution in [0.5, 0.6) is 0 Å². The first kappa shape index (κ1) is 17.8. The fourth-order valence-corrected chi connectivity index (χ4v) is 2.23. The van der Waals surface area contributed by atoms with Gasteiger partial charge in [-0.3, -0.25) is 0 Å². The van der Waals surface area contributed by atoms with Gasteiger partial charge in [0.1, 0.15) is 0 Å². The lowest BCUT2D eigenvalue weighted by molar-refractivity contribution is -0.138. The molecule has 0 aliphatic heterocycles. The average molecular weight is 303 g/mol. The van der Waals surface area contributed by atoms with Crippen LogP contribution in [0.4, 0.5) is 18.9 Å². The highest BCUT2D eigenvalue weighted by Crippen LogP contribution is 2.34. The van der Waals surface area contributed by atoms with E-state index in [1.165, 1.54) is 6.07 Å². The van der Waals surface area contributed by atoms with Crippen molar-refractivity contribution in [1.29, 1.82) is 0 Å². The molecule has 0 bridgehead atoms. The van der Waals surface area contributed by atoms with Gasteiger partial charge >= 0.3 is 6.18 Å². The highest BCUT2D eigenvalue weighted by molar-refractivity contribution is 5.52. The van der Waals surface area contributed by atoms with Crippen molar-refractivity contribution in [2.24, 2.45) is 0 Å². The highest BCUT2D eigenvalue weighted by atomic mass is 19.4. The Kier molecular flexibility index (Phi) is 7.02. The molecule has 0 atom stereocenters. The maximum Gasteiger partial charge on any atom is 0.416 e. The monoisotopic (exact) mass is 303 g/mol. The van der Waals surface area contributed by atoms with Crippen LogP contribution >= 0.6 is 0 Å². The number of rotatable bonds is 8. The number of aliphatic hydroxyl groups excluding tert-OH is 1. The first-order chi connectivity index (χ1) is 9.93. The predicted octanol–water partition coefficient (Wildman–Crippen LogP) is 4.60. The van der Waals surface area contributed by atoms with Gasteiger partial charge in [-0.05, 0) is 30.5 Å². The van der Waals surface area contributed by atoms with E-state index < -0.39 is 18.3 Å². The average Bonchev–Trinajstić information content (AvgIpc) is 2.46. The molecule has 0 fully saturated rings. The molecule has 0 amide bonds. The van der Waals surface area contributed by atoms with Crippen molar-refractivity contribution in [2.45, 2.75) is 52.3 Å². The van der Waals surface area contributed by atoms with E-state index in [-0.39, 0.29) is 5.56 Å². The van der Waals surface area contributed by atoms with Gasteiger partial charge in [-0.25, -0.2) is 0 Å². The molecule has 0 aliphatic carbocycles. The fraction of sp³-hybridized carbons (Fsp3) is 0.625. The summed E-state index contributed by atoms with van der Waals surface area (Å²) in [5.41, 5.74) is -0.223. The van der Waals surface area contributed by atoms with Crippen LogP contribution in [-0.4, -0.2) is 18.2 Å². The van der Waals surface area contributed by atoms with Crippen LogP contribution in [0.25, 0.3) is 0 Å². The van der Waals surface area contributed by atoms with Crippen molar-refractivity contribution >= 4 is 5.69 Å². The number of anilines is 1. The van der Waals surface area contributed by atoms with E-state index in [1.807, 2.05) is 4.90 Å². The Morgan fingerprint density at radius 2 is 1.62 bits per heavy atom. The second-order valence-corrected chi connectivity index (χ2v) is 5.19. The summed E-state index contributed by atoms with van der Waals surface area (Å²) in [6.07, 6.45) is -0.526. The van der Waals surface area contributed by atoms with Crippen molar-refractivity contribution < 1.29 is 18.3 Å². The molecule has 0 saturated carbocycles. The van der Waals surface area contributed by atoms with Gasteiger partial charge in [0.2, 0.25) is 0 Å². The largest absolute Gasteiger partial charge is 0.416 e. The van der Waals surface area contributed by atoms with E-state index in [0.29, 0.717) is 5.69 Å². The Bertz CT molecular complexity index is 424. The quantitative estimate of drug-likeness (QED) is 0.758. The Balaban J connectivity index is 3.07. The maximum atomic E-state index is 13.1. The van der Waals surface area contributed by atoms with Crippen molar-refractivity contribution in [3.05, 3.63) is 29.3 Å². The van der Waals surface area contributed by atoms with Crippen LogP contribution in [0.1, 0.15) is 50.7 Å². The second kappa shape index (κ2) is 8.27. The van der Waals surface area contributed by atoms with Gasteiger partial charge in [-0.1, -0.05) is 32.8 Å². The Morgan fingerprint density at radius 3 is 2.05 bits per heavy atom. The molecule has 0 aromatic heterocycles. The van der Waals surface area contributed by atoms with Crippen LogP contribution in [0, 0.1) is 0 Å². The molecule has 1 aromatic rings. The molecule has 0 spiro atoms. The molecule has 0 aliphatic rings. The van der Waals surface area contributed by atoms with Crippen molar-refractivity contribution in [3.8, 4) is 0 Å². The first-order valence-corrected chi connectivity index (χ1v) is 7.50. The predicted molar refractivity (Wildman–Crippen MR) is 79.4 cm³/mol. The van der Waals surface area contributed by atoms with Crippen molar-refractivity contribution in [1.82, 2.24) is 0 Å². The first-order valence-electron chi connectivity index (χ1n) is 7.50. The molecule has 21 heavy (non-hydrogen) atoms. The number of halogens is 3. The molecule has 1 N–H and O–H groups in total. The minimum Gasteiger partial charge on any atom is -0.392 e. The molecule has 0 radical (unpaired) electrons. The number of aliphatic hydroxyl groups is 1. The van der Waals surface area contributed by atoms with E-state index in [2.05, 4.69) is 13.8 Å². The summed E-state index contributed by atoms with van der Waals surface area (Å²) in [6, 6.07) is 4.21. The summed E-state index contributed by atoms with van der Waals surface area (Å²) in [4.78, 5) is 2.00. The smallest absolute Gasteiger partial charge is 0.392 e. The zero-order valence-electron chi connectivity index (χ0n) is 12.7. The van der Waals surface area contributed by atoms with E-state index in [9.17, 15) is 13.2 Å². The van der Waals surface area contributed by atoms with Gasteiger partial charge in [-0.15, -0.1) is 0 Å². The number of hydrogen-bond acceptors (Lipinski definition) is 2. The topological polar surface area (TPSA) is 23.5 Å². The van der Waals surface area contributed by atoms with Gasteiger partial charge in [-0.2, -0.15) is 13.2 Å². The van der Waals surface area contributed by atoms with Crippen LogP contribution in [-0.2, 0) is 12.8 Å². The van der Waals surface area contributed by atoms with Gasteiger partial charge in [0.25, 0.3) is 0 Å². The summed E-state index contributed by atoms with van der Waals surface area (Å²) in [6.45, 7) is 5.04. The third-order valence-electron chi connectivity index (χ3n) is 3.50. The molecular formula is C16H24F3NO. The normalized spacial score (nSPS) is 11.7. The number of unbranched alkanes of at least 4 members (excludes halogenated alkanes) is 2. The lowest BCUT2D eigenvalue weighted by Gasteiger charge is -2.26. The molecule has 120 valence electrons. The molecular weight excluding hydrogens is 279 g/mol. The van der Waals surface area contributed by atoms with Crippen molar-refractivity contribution in [2.75, 3.05) is 18.0 Å². The number of hydrogen-bond donors (Lipinski definition) is 1. The maximum absolute atomic E-state index is 13.1. The summed E-state index contributed by atoms with van der Waals surface area (Å²) < 4.78 is 39.2. The van der Waals surface area contributed by atoms with Gasteiger partial charge in [0.05, 0.1) is 12.2 Å². The minimum absolute atomic E-state index is 0.0721. The van der Waals surface area contributed by atoms with Gasteiger partial charge in [0.15, 0.2) is 0 Å². The molecule has 0 saturated heterocycles. The van der Waals surface area contributed by atoms with E-state index in [0.717, 1.165) is 44.8 Å². The van der Waals surface area contributed by atoms with Crippen LogP contribution in [0.2, 0.25) is 0 Å². The molecule has 2 nitrogen and oxygen atoms in total. The van der Waals surface area contributed by atoms with Crippen LogP contribution < -0.4 is 4.90 Å². The number of alkyl halides is 3. The van der Waals surface area contributed by atoms with Gasteiger partial charge < -0.3 is 10.0 Å². The van der Waals surface area contributed by atoms with Gasteiger partial charge in [0, 0.05) is 18.8 Å². The zero-order valence-corrected chi connectivity index (χ0v) is 12.7. The highest BCUT2D eigenvalue weighted by Gasteiger charge is 2.33. The lowest BCUT2D eigenvalue weighted by Crippen LogP contribution is -2.26. The third kappa shape index (κ3) is 5.23. The molecule has 1 aromatic carbocycles. The lowest BCUT2D eigenvalue weighted by atomic mass is 10.1. The molecule has 5 heteroatoms. The number of nitrogens with zero attached hydrogens (tertiary/aromatic N) is 1. The van der Waals surface area contributed by atoms with E-state index in [1.54, 1.807) is 6.07 Å².